The van der Waals surface area contributed by atoms with E-state index < -0.39 is 0 Å². The lowest BCUT2D eigenvalue weighted by Crippen LogP contribution is -2.06. The molecule has 0 N–H and O–H groups in total. The van der Waals surface area contributed by atoms with Gasteiger partial charge in [0.2, 0.25) is 0 Å². The molecule has 0 spiro atoms. The molecule has 0 saturated carbocycles. The maximum Gasteiger partial charge on any atom is 0.164 e. The predicted octanol–water partition coefficient (Wildman–Crippen LogP) is 14.2. The highest BCUT2D eigenvalue weighted by Gasteiger charge is 2.22. The molecule has 276 valence electrons. The van der Waals surface area contributed by atoms with Crippen molar-refractivity contribution in [1.29, 1.82) is 0 Å². The van der Waals surface area contributed by atoms with E-state index in [0.29, 0.717) is 29.3 Å². The zero-order valence-corrected chi connectivity index (χ0v) is 32.1. The van der Waals surface area contributed by atoms with Gasteiger partial charge in [0.05, 0.1) is 0 Å². The number of furan rings is 1. The standard InChI is InChI=1S/C54H39N3O/c1-34-10-6-15-41(32-34)36-22-25-39(26-23-36)46-18-8-19-47-50-48(20-9-21-49(50)58-51(46)47)54-56-52(55-53(57-54)43-31-24-35-11-2-3-13-42(35)33-43)40-29-27-38(28-30-40)45-17-7-14-37-12-4-5-16-44(37)45/h2-9,11-22,24-34,36H,10,23H2,1H3. The van der Waals surface area contributed by atoms with E-state index in [1.165, 1.54) is 32.9 Å². The number of nitrogens with zero attached hydrogens (tertiary/aromatic N) is 3. The Labute approximate surface area is 337 Å². The van der Waals surface area contributed by atoms with Crippen molar-refractivity contribution in [2.45, 2.75) is 19.8 Å². The summed E-state index contributed by atoms with van der Waals surface area (Å²) < 4.78 is 6.75. The first-order chi connectivity index (χ1) is 28.6. The first-order valence-corrected chi connectivity index (χ1v) is 20.2. The third-order valence-electron chi connectivity index (χ3n) is 11.8. The summed E-state index contributed by atoms with van der Waals surface area (Å²) in [6, 6.07) is 51.0. The van der Waals surface area contributed by atoms with Gasteiger partial charge in [-0.15, -0.1) is 0 Å². The van der Waals surface area contributed by atoms with Crippen molar-refractivity contribution >= 4 is 49.1 Å². The van der Waals surface area contributed by atoms with E-state index in [9.17, 15) is 0 Å². The van der Waals surface area contributed by atoms with Gasteiger partial charge in [-0.2, -0.15) is 0 Å². The van der Waals surface area contributed by atoms with E-state index in [0.717, 1.165) is 68.0 Å². The van der Waals surface area contributed by atoms with Gasteiger partial charge in [-0.25, -0.2) is 15.0 Å². The lowest BCUT2D eigenvalue weighted by atomic mass is 9.84. The summed E-state index contributed by atoms with van der Waals surface area (Å²) in [5.74, 6) is 2.83. The van der Waals surface area contributed by atoms with Gasteiger partial charge < -0.3 is 4.42 Å². The molecular formula is C54H39N3O. The number of rotatable bonds is 6. The minimum Gasteiger partial charge on any atom is -0.455 e. The molecule has 9 aromatic rings. The van der Waals surface area contributed by atoms with E-state index in [1.54, 1.807) is 0 Å². The largest absolute Gasteiger partial charge is 0.455 e. The molecule has 0 aliphatic heterocycles. The van der Waals surface area contributed by atoms with Crippen LogP contribution in [0, 0.1) is 11.8 Å². The Kier molecular flexibility index (Phi) is 8.29. The zero-order chi connectivity index (χ0) is 38.6. The molecule has 0 amide bonds. The molecule has 0 saturated heterocycles. The van der Waals surface area contributed by atoms with E-state index in [1.807, 2.05) is 12.1 Å². The average Bonchev–Trinajstić information content (AvgIpc) is 3.68. The van der Waals surface area contributed by atoms with Crippen molar-refractivity contribution in [3.05, 3.63) is 193 Å². The van der Waals surface area contributed by atoms with Crippen LogP contribution in [-0.4, -0.2) is 15.0 Å². The first kappa shape index (κ1) is 34.1. The fourth-order valence-corrected chi connectivity index (χ4v) is 8.81. The molecule has 0 fully saturated rings. The number of fused-ring (bicyclic) bond motifs is 5. The molecule has 2 aliphatic carbocycles. The van der Waals surface area contributed by atoms with Crippen LogP contribution >= 0.6 is 0 Å². The van der Waals surface area contributed by atoms with Crippen LogP contribution in [0.5, 0.6) is 0 Å². The summed E-state index contributed by atoms with van der Waals surface area (Å²) in [5.41, 5.74) is 10.5. The van der Waals surface area contributed by atoms with Crippen molar-refractivity contribution in [1.82, 2.24) is 15.0 Å². The van der Waals surface area contributed by atoms with Crippen molar-refractivity contribution in [3.8, 4) is 45.3 Å². The van der Waals surface area contributed by atoms with E-state index in [-0.39, 0.29) is 0 Å². The molecule has 0 radical (unpaired) electrons. The Hall–Kier alpha value is -7.17. The van der Waals surface area contributed by atoms with Gasteiger partial charge in [-0.1, -0.05) is 177 Å². The van der Waals surface area contributed by atoms with Crippen LogP contribution < -0.4 is 0 Å². The molecule has 58 heavy (non-hydrogen) atoms. The summed E-state index contributed by atoms with van der Waals surface area (Å²) in [6.45, 7) is 2.29. The normalized spacial score (nSPS) is 16.6. The molecular weight excluding hydrogens is 707 g/mol. The van der Waals surface area contributed by atoms with Gasteiger partial charge in [-0.05, 0) is 74.7 Å². The Morgan fingerprint density at radius 2 is 1.21 bits per heavy atom. The van der Waals surface area contributed by atoms with Crippen LogP contribution in [0.15, 0.2) is 192 Å². The molecule has 11 rings (SSSR count). The highest BCUT2D eigenvalue weighted by atomic mass is 16.3. The molecule has 4 nitrogen and oxygen atoms in total. The fourth-order valence-electron chi connectivity index (χ4n) is 8.81. The molecule has 0 bridgehead atoms. The first-order valence-electron chi connectivity index (χ1n) is 20.2. The number of hydrogen-bond acceptors (Lipinski definition) is 4. The molecule has 4 heteroatoms. The highest BCUT2D eigenvalue weighted by molar-refractivity contribution is 6.14. The monoisotopic (exact) mass is 745 g/mol. The average molecular weight is 746 g/mol. The number of aromatic nitrogens is 3. The van der Waals surface area contributed by atoms with E-state index >= 15 is 0 Å². The van der Waals surface area contributed by atoms with Gasteiger partial charge in [0.1, 0.15) is 11.2 Å². The summed E-state index contributed by atoms with van der Waals surface area (Å²) in [4.78, 5) is 15.6. The Morgan fingerprint density at radius 1 is 0.534 bits per heavy atom. The lowest BCUT2D eigenvalue weighted by Gasteiger charge is -2.21. The summed E-state index contributed by atoms with van der Waals surface area (Å²) in [7, 11) is 0. The number of hydrogen-bond donors (Lipinski definition) is 0. The SMILES string of the molecule is CC1C=C(C2C=CC(c3cccc4c3oc3cccc(-c5nc(-c6ccc(-c7cccc8ccccc78)cc6)nc(-c6ccc7ccccc7c6)n5)c34)=CC2)C=CC1. The maximum atomic E-state index is 6.75. The molecule has 2 aromatic heterocycles. The topological polar surface area (TPSA) is 51.8 Å². The summed E-state index contributed by atoms with van der Waals surface area (Å²) in [6.07, 6.45) is 16.1. The van der Waals surface area contributed by atoms with Crippen molar-refractivity contribution in [2.75, 3.05) is 0 Å². The van der Waals surface area contributed by atoms with Gasteiger partial charge in [0.25, 0.3) is 0 Å². The van der Waals surface area contributed by atoms with E-state index in [2.05, 4.69) is 177 Å². The van der Waals surface area contributed by atoms with Crippen LogP contribution in [0.1, 0.15) is 25.3 Å². The fraction of sp³-hybridized carbons (Fsp3) is 0.0926. The number of para-hydroxylation sites is 1. The Balaban J connectivity index is 1.03. The summed E-state index contributed by atoms with van der Waals surface area (Å²) >= 11 is 0. The predicted molar refractivity (Wildman–Crippen MR) is 240 cm³/mol. The Morgan fingerprint density at radius 3 is 2.05 bits per heavy atom. The minimum absolute atomic E-state index is 0.397. The van der Waals surface area contributed by atoms with Crippen molar-refractivity contribution in [2.24, 2.45) is 11.8 Å². The van der Waals surface area contributed by atoms with Gasteiger partial charge in [-0.3, -0.25) is 0 Å². The molecule has 2 heterocycles. The number of benzene rings is 7. The highest BCUT2D eigenvalue weighted by Crippen LogP contribution is 2.41. The van der Waals surface area contributed by atoms with Crippen LogP contribution in [-0.2, 0) is 0 Å². The van der Waals surface area contributed by atoms with Gasteiger partial charge in [0.15, 0.2) is 17.5 Å². The van der Waals surface area contributed by atoms with Gasteiger partial charge in [0, 0.05) is 38.9 Å². The zero-order valence-electron chi connectivity index (χ0n) is 32.1. The lowest BCUT2D eigenvalue weighted by molar-refractivity contribution is 0.667. The summed E-state index contributed by atoms with van der Waals surface area (Å²) in [5, 5.41) is 6.80. The van der Waals surface area contributed by atoms with Crippen LogP contribution in [0.2, 0.25) is 0 Å². The Bertz CT molecular complexity index is 3190. The van der Waals surface area contributed by atoms with Crippen LogP contribution in [0.4, 0.5) is 0 Å². The molecule has 2 unspecified atom stereocenters. The third-order valence-corrected chi connectivity index (χ3v) is 11.8. The minimum atomic E-state index is 0.397. The van der Waals surface area contributed by atoms with Crippen LogP contribution in [0.25, 0.3) is 94.3 Å². The molecule has 2 aliphatic rings. The second-order valence-electron chi connectivity index (χ2n) is 15.6. The van der Waals surface area contributed by atoms with Crippen molar-refractivity contribution < 1.29 is 4.42 Å². The van der Waals surface area contributed by atoms with Gasteiger partial charge >= 0.3 is 0 Å². The van der Waals surface area contributed by atoms with Crippen molar-refractivity contribution in [3.63, 3.8) is 0 Å². The third kappa shape index (κ3) is 6.05. The van der Waals surface area contributed by atoms with E-state index in [4.69, 9.17) is 19.4 Å². The maximum absolute atomic E-state index is 6.75. The smallest absolute Gasteiger partial charge is 0.164 e. The second-order valence-corrected chi connectivity index (χ2v) is 15.6. The molecule has 2 atom stereocenters. The number of allylic oxidation sites excluding steroid dienone is 8. The van der Waals surface area contributed by atoms with Crippen LogP contribution in [0.3, 0.4) is 0 Å². The quantitative estimate of drug-likeness (QED) is 0.170. The molecule has 7 aromatic carbocycles. The second kappa shape index (κ2) is 14.1.